The van der Waals surface area contributed by atoms with Gasteiger partial charge in [-0.15, -0.1) is 0 Å². The SMILES string of the molecule is O=C(N/N=C\c1cccc(OC(=O)c2ccccc2Cl)c1)c1ccncc1. The van der Waals surface area contributed by atoms with Crippen molar-refractivity contribution in [3.8, 4) is 5.75 Å². The Morgan fingerprint density at radius 1 is 1.04 bits per heavy atom. The fourth-order valence-electron chi connectivity index (χ4n) is 2.18. The minimum absolute atomic E-state index is 0.280. The van der Waals surface area contributed by atoms with E-state index < -0.39 is 5.97 Å². The Bertz CT molecular complexity index is 991. The van der Waals surface area contributed by atoms with Crippen molar-refractivity contribution in [3.05, 3.63) is 94.8 Å². The summed E-state index contributed by atoms with van der Waals surface area (Å²) >= 11 is 6.00. The first-order valence-electron chi connectivity index (χ1n) is 7.94. The van der Waals surface area contributed by atoms with Gasteiger partial charge in [0, 0.05) is 18.0 Å². The highest BCUT2D eigenvalue weighted by atomic mass is 35.5. The van der Waals surface area contributed by atoms with Crippen LogP contribution >= 0.6 is 11.6 Å². The van der Waals surface area contributed by atoms with Crippen molar-refractivity contribution >= 4 is 29.7 Å². The van der Waals surface area contributed by atoms with Crippen LogP contribution in [0.2, 0.25) is 5.02 Å². The number of pyridine rings is 1. The highest BCUT2D eigenvalue weighted by Crippen LogP contribution is 2.19. The predicted octanol–water partition coefficient (Wildman–Crippen LogP) is 3.72. The van der Waals surface area contributed by atoms with Gasteiger partial charge < -0.3 is 4.74 Å². The average molecular weight is 380 g/mol. The van der Waals surface area contributed by atoms with Gasteiger partial charge in [-0.25, -0.2) is 10.2 Å². The Balaban J connectivity index is 1.64. The van der Waals surface area contributed by atoms with Gasteiger partial charge in [-0.2, -0.15) is 5.10 Å². The molecule has 0 aliphatic heterocycles. The van der Waals surface area contributed by atoms with Crippen LogP contribution in [-0.4, -0.2) is 23.1 Å². The summed E-state index contributed by atoms with van der Waals surface area (Å²) in [5, 5.41) is 4.22. The van der Waals surface area contributed by atoms with Crippen LogP contribution in [0.25, 0.3) is 0 Å². The van der Waals surface area contributed by atoms with Gasteiger partial charge in [0.25, 0.3) is 5.91 Å². The van der Waals surface area contributed by atoms with Gasteiger partial charge in [0.1, 0.15) is 5.75 Å². The lowest BCUT2D eigenvalue weighted by atomic mass is 10.2. The summed E-state index contributed by atoms with van der Waals surface area (Å²) in [4.78, 5) is 28.0. The van der Waals surface area contributed by atoms with Crippen molar-refractivity contribution in [2.45, 2.75) is 0 Å². The second-order valence-corrected chi connectivity index (χ2v) is 5.78. The Morgan fingerprint density at radius 2 is 1.81 bits per heavy atom. The maximum Gasteiger partial charge on any atom is 0.345 e. The minimum Gasteiger partial charge on any atom is -0.423 e. The van der Waals surface area contributed by atoms with E-state index in [1.54, 1.807) is 60.7 Å². The third-order valence-corrected chi connectivity index (χ3v) is 3.81. The molecule has 0 aliphatic carbocycles. The number of carbonyl (C=O) groups excluding carboxylic acids is 2. The van der Waals surface area contributed by atoms with Crippen LogP contribution in [0, 0.1) is 0 Å². The number of halogens is 1. The number of ether oxygens (including phenoxy) is 1. The number of nitrogens with zero attached hydrogens (tertiary/aromatic N) is 2. The average Bonchev–Trinajstić information content (AvgIpc) is 2.69. The predicted molar refractivity (Wildman–Crippen MR) is 102 cm³/mol. The summed E-state index contributed by atoms with van der Waals surface area (Å²) in [6, 6.07) is 16.5. The lowest BCUT2D eigenvalue weighted by Crippen LogP contribution is -2.17. The van der Waals surface area contributed by atoms with E-state index >= 15 is 0 Å². The number of hydrazone groups is 1. The maximum absolute atomic E-state index is 12.2. The van der Waals surface area contributed by atoms with Gasteiger partial charge in [0.15, 0.2) is 0 Å². The number of hydrogen-bond donors (Lipinski definition) is 1. The number of esters is 1. The van der Waals surface area contributed by atoms with Gasteiger partial charge >= 0.3 is 5.97 Å². The summed E-state index contributed by atoms with van der Waals surface area (Å²) < 4.78 is 5.34. The fraction of sp³-hybridized carbons (Fsp3) is 0. The van der Waals surface area contributed by atoms with Crippen molar-refractivity contribution in [2.75, 3.05) is 0 Å². The van der Waals surface area contributed by atoms with E-state index in [0.29, 0.717) is 21.9 Å². The van der Waals surface area contributed by atoms with E-state index in [4.69, 9.17) is 16.3 Å². The van der Waals surface area contributed by atoms with Crippen molar-refractivity contribution in [1.82, 2.24) is 10.4 Å². The van der Waals surface area contributed by atoms with Gasteiger partial charge in [-0.3, -0.25) is 9.78 Å². The molecule has 6 nitrogen and oxygen atoms in total. The molecule has 0 fully saturated rings. The number of benzene rings is 2. The molecule has 1 aromatic heterocycles. The molecule has 1 amide bonds. The largest absolute Gasteiger partial charge is 0.423 e. The smallest absolute Gasteiger partial charge is 0.345 e. The molecular formula is C20H14ClN3O3. The molecule has 0 atom stereocenters. The minimum atomic E-state index is -0.555. The van der Waals surface area contributed by atoms with Crippen LogP contribution in [0.1, 0.15) is 26.3 Å². The number of nitrogens with one attached hydrogen (secondary N) is 1. The topological polar surface area (TPSA) is 80.6 Å². The van der Waals surface area contributed by atoms with Crippen LogP contribution in [0.15, 0.2) is 78.2 Å². The highest BCUT2D eigenvalue weighted by molar-refractivity contribution is 6.33. The van der Waals surface area contributed by atoms with Gasteiger partial charge in [0.05, 0.1) is 16.8 Å². The zero-order valence-electron chi connectivity index (χ0n) is 14.0. The number of hydrogen-bond acceptors (Lipinski definition) is 5. The van der Waals surface area contributed by atoms with E-state index in [-0.39, 0.29) is 11.5 Å². The molecule has 3 aromatic rings. The van der Waals surface area contributed by atoms with Crippen LogP contribution in [0.3, 0.4) is 0 Å². The molecule has 1 heterocycles. The van der Waals surface area contributed by atoms with Crippen LogP contribution in [0.5, 0.6) is 5.75 Å². The Hall–Kier alpha value is -3.51. The van der Waals surface area contributed by atoms with Crippen molar-refractivity contribution in [1.29, 1.82) is 0 Å². The normalized spacial score (nSPS) is 10.6. The maximum atomic E-state index is 12.2. The second-order valence-electron chi connectivity index (χ2n) is 5.38. The molecule has 0 radical (unpaired) electrons. The molecular weight excluding hydrogens is 366 g/mol. The number of aromatic nitrogens is 1. The molecule has 0 aliphatic rings. The monoisotopic (exact) mass is 379 g/mol. The lowest BCUT2D eigenvalue weighted by Gasteiger charge is -2.06. The number of carbonyl (C=O) groups is 2. The molecule has 0 unspecified atom stereocenters. The molecule has 0 bridgehead atoms. The van der Waals surface area contributed by atoms with E-state index in [2.05, 4.69) is 15.5 Å². The number of rotatable bonds is 5. The summed E-state index contributed by atoms with van der Waals surface area (Å²) in [5.74, 6) is -0.569. The lowest BCUT2D eigenvalue weighted by molar-refractivity contribution is 0.0734. The molecule has 0 saturated carbocycles. The molecule has 0 saturated heterocycles. The Morgan fingerprint density at radius 3 is 2.59 bits per heavy atom. The number of amides is 1. The standard InChI is InChI=1S/C20H14ClN3O3/c21-18-7-2-1-6-17(18)20(26)27-16-5-3-4-14(12-16)13-23-24-19(25)15-8-10-22-11-9-15/h1-13H,(H,24,25)/b23-13-. The quantitative estimate of drug-likeness (QED) is 0.317. The first kappa shape index (κ1) is 18.3. The Kier molecular flexibility index (Phi) is 5.91. The molecule has 3 rings (SSSR count). The van der Waals surface area contributed by atoms with Gasteiger partial charge in [-0.1, -0.05) is 35.9 Å². The van der Waals surface area contributed by atoms with Crippen molar-refractivity contribution < 1.29 is 14.3 Å². The molecule has 134 valence electrons. The summed E-state index contributed by atoms with van der Waals surface area (Å²) in [5.41, 5.74) is 3.80. The zero-order valence-corrected chi connectivity index (χ0v) is 14.8. The molecule has 0 spiro atoms. The molecule has 7 heteroatoms. The Labute approximate surface area is 160 Å². The zero-order chi connectivity index (χ0) is 19.1. The van der Waals surface area contributed by atoms with Gasteiger partial charge in [-0.05, 0) is 42.0 Å². The first-order chi connectivity index (χ1) is 13.1. The van der Waals surface area contributed by atoms with E-state index in [0.717, 1.165) is 0 Å². The highest BCUT2D eigenvalue weighted by Gasteiger charge is 2.12. The van der Waals surface area contributed by atoms with E-state index in [9.17, 15) is 9.59 Å². The van der Waals surface area contributed by atoms with Crippen LogP contribution in [-0.2, 0) is 0 Å². The van der Waals surface area contributed by atoms with Crippen LogP contribution < -0.4 is 10.2 Å². The molecule has 2 aromatic carbocycles. The second kappa shape index (κ2) is 8.73. The first-order valence-corrected chi connectivity index (χ1v) is 8.31. The fourth-order valence-corrected chi connectivity index (χ4v) is 2.39. The van der Waals surface area contributed by atoms with Crippen LogP contribution in [0.4, 0.5) is 0 Å². The third kappa shape index (κ3) is 4.99. The third-order valence-electron chi connectivity index (χ3n) is 3.48. The van der Waals surface area contributed by atoms with E-state index in [1.807, 2.05) is 0 Å². The van der Waals surface area contributed by atoms with E-state index in [1.165, 1.54) is 18.6 Å². The van der Waals surface area contributed by atoms with Crippen molar-refractivity contribution in [3.63, 3.8) is 0 Å². The summed E-state index contributed by atoms with van der Waals surface area (Å²) in [6.07, 6.45) is 4.50. The van der Waals surface area contributed by atoms with Crippen molar-refractivity contribution in [2.24, 2.45) is 5.10 Å². The molecule has 1 N–H and O–H groups in total. The summed E-state index contributed by atoms with van der Waals surface area (Å²) in [6.45, 7) is 0. The molecule has 27 heavy (non-hydrogen) atoms. The summed E-state index contributed by atoms with van der Waals surface area (Å²) in [7, 11) is 0. The van der Waals surface area contributed by atoms with Gasteiger partial charge in [0.2, 0.25) is 0 Å².